The first-order valence-corrected chi connectivity index (χ1v) is 11.9. The summed E-state index contributed by atoms with van der Waals surface area (Å²) in [7, 11) is 1.51. The minimum atomic E-state index is -0.580. The molecule has 0 saturated heterocycles. The fourth-order valence-corrected chi connectivity index (χ4v) is 5.66. The minimum absolute atomic E-state index is 0.183. The highest BCUT2D eigenvalue weighted by Crippen LogP contribution is 2.36. The smallest absolute Gasteiger partial charge is 0.341 e. The number of hydrogen-bond acceptors (Lipinski definition) is 7. The second kappa shape index (κ2) is 9.16. The van der Waals surface area contributed by atoms with Crippen molar-refractivity contribution in [1.82, 2.24) is 15.1 Å². The highest BCUT2D eigenvalue weighted by atomic mass is 32.1. The number of para-hydroxylation sites is 1. The molecule has 0 aliphatic carbocycles. The maximum Gasteiger partial charge on any atom is 0.341 e. The van der Waals surface area contributed by atoms with Crippen LogP contribution in [0.1, 0.15) is 47.9 Å². The average Bonchev–Trinajstić information content (AvgIpc) is 3.47. The molecule has 0 saturated carbocycles. The molecule has 10 heteroatoms. The van der Waals surface area contributed by atoms with Crippen molar-refractivity contribution in [1.29, 1.82) is 0 Å². The number of ether oxygens (including phenoxy) is 1. The van der Waals surface area contributed by atoms with Crippen LogP contribution in [-0.2, 0) is 4.74 Å². The second-order valence-corrected chi connectivity index (χ2v) is 9.23. The Balaban J connectivity index is 1.71. The van der Waals surface area contributed by atoms with Gasteiger partial charge in [0.1, 0.15) is 9.83 Å². The van der Waals surface area contributed by atoms with E-state index in [2.05, 4.69) is 15.7 Å². The van der Waals surface area contributed by atoms with E-state index < -0.39 is 5.97 Å². The van der Waals surface area contributed by atoms with E-state index in [-0.39, 0.29) is 29.0 Å². The number of hydrogen-bond donors (Lipinski definition) is 2. The van der Waals surface area contributed by atoms with Gasteiger partial charge in [0.15, 0.2) is 0 Å². The van der Waals surface area contributed by atoms with Crippen LogP contribution in [0.15, 0.2) is 36.4 Å². The Labute approximate surface area is 198 Å². The summed E-state index contributed by atoms with van der Waals surface area (Å²) in [5.41, 5.74) is 2.38. The van der Waals surface area contributed by atoms with E-state index in [4.69, 9.17) is 4.74 Å². The summed E-state index contributed by atoms with van der Waals surface area (Å²) in [4.78, 5) is 39.6. The van der Waals surface area contributed by atoms with Gasteiger partial charge in [-0.25, -0.2) is 9.48 Å². The predicted octanol–water partition coefficient (Wildman–Crippen LogP) is 4.55. The minimum Gasteiger partial charge on any atom is -0.462 e. The monoisotopic (exact) mass is 482 g/mol. The number of esters is 1. The van der Waals surface area contributed by atoms with Crippen molar-refractivity contribution in [2.75, 3.05) is 19.0 Å². The van der Waals surface area contributed by atoms with Gasteiger partial charge in [0.2, 0.25) is 0 Å². The molecular weight excluding hydrogens is 460 g/mol. The van der Waals surface area contributed by atoms with Gasteiger partial charge >= 0.3 is 5.97 Å². The SMILES string of the molecule is CCOC(=O)c1c(NC(=O)c2cc3c(C)nn(-c4ccccc4)c3s2)sc(C(=O)NC)c1C. The van der Waals surface area contributed by atoms with Crippen LogP contribution >= 0.6 is 22.7 Å². The van der Waals surface area contributed by atoms with Crippen molar-refractivity contribution in [2.45, 2.75) is 20.8 Å². The van der Waals surface area contributed by atoms with E-state index in [1.807, 2.05) is 41.9 Å². The van der Waals surface area contributed by atoms with E-state index in [0.29, 0.717) is 15.3 Å². The number of benzene rings is 1. The van der Waals surface area contributed by atoms with Crippen molar-refractivity contribution >= 4 is 55.7 Å². The number of fused-ring (bicyclic) bond motifs is 1. The number of nitrogens with one attached hydrogen (secondary N) is 2. The van der Waals surface area contributed by atoms with Crippen LogP contribution in [0.5, 0.6) is 0 Å². The lowest BCUT2D eigenvalue weighted by molar-refractivity contribution is 0.0527. The van der Waals surface area contributed by atoms with Crippen LogP contribution in [0.25, 0.3) is 15.9 Å². The summed E-state index contributed by atoms with van der Waals surface area (Å²) < 4.78 is 6.97. The van der Waals surface area contributed by atoms with Crippen LogP contribution in [0.4, 0.5) is 5.00 Å². The number of amides is 2. The van der Waals surface area contributed by atoms with E-state index in [0.717, 1.165) is 32.9 Å². The van der Waals surface area contributed by atoms with Crippen molar-refractivity contribution in [3.05, 3.63) is 63.0 Å². The number of rotatable bonds is 6. The van der Waals surface area contributed by atoms with Gasteiger partial charge < -0.3 is 15.4 Å². The third-order valence-corrected chi connectivity index (χ3v) is 7.37. The largest absolute Gasteiger partial charge is 0.462 e. The number of carbonyl (C=O) groups is 3. The van der Waals surface area contributed by atoms with Crippen LogP contribution in [-0.4, -0.2) is 41.2 Å². The van der Waals surface area contributed by atoms with E-state index in [1.165, 1.54) is 18.4 Å². The molecule has 0 fully saturated rings. The van der Waals surface area contributed by atoms with Gasteiger partial charge in [-0.3, -0.25) is 9.59 Å². The van der Waals surface area contributed by atoms with Gasteiger partial charge in [0.05, 0.1) is 33.3 Å². The number of anilines is 1. The molecule has 170 valence electrons. The van der Waals surface area contributed by atoms with Crippen LogP contribution in [0.2, 0.25) is 0 Å². The maximum absolute atomic E-state index is 13.2. The standard InChI is InChI=1S/C23H22N4O4S2/c1-5-31-23(30)17-12(2)18(20(29)24-4)33-21(17)25-19(28)16-11-15-13(3)26-27(22(15)32-16)14-9-7-6-8-10-14/h6-11H,5H2,1-4H3,(H,24,29)(H,25,28). The topological polar surface area (TPSA) is 102 Å². The van der Waals surface area contributed by atoms with Crippen molar-refractivity contribution in [3.63, 3.8) is 0 Å². The third kappa shape index (κ3) is 4.14. The quantitative estimate of drug-likeness (QED) is 0.393. The number of aromatic nitrogens is 2. The molecule has 0 aliphatic rings. The third-order valence-electron chi connectivity index (χ3n) is 5.06. The molecular formula is C23H22N4O4S2. The van der Waals surface area contributed by atoms with Crippen molar-refractivity contribution in [3.8, 4) is 5.69 Å². The summed E-state index contributed by atoms with van der Waals surface area (Å²) in [6.07, 6.45) is 0. The molecule has 2 N–H and O–H groups in total. The lowest BCUT2D eigenvalue weighted by atomic mass is 10.1. The van der Waals surface area contributed by atoms with Gasteiger partial charge in [-0.05, 0) is 44.5 Å². The molecule has 3 heterocycles. The van der Waals surface area contributed by atoms with Gasteiger partial charge in [-0.1, -0.05) is 18.2 Å². The molecule has 2 amide bonds. The summed E-state index contributed by atoms with van der Waals surface area (Å²) in [5, 5.41) is 11.1. The number of thiophene rings is 2. The highest BCUT2D eigenvalue weighted by molar-refractivity contribution is 7.21. The van der Waals surface area contributed by atoms with Gasteiger partial charge in [0.25, 0.3) is 11.8 Å². The molecule has 4 aromatic rings. The van der Waals surface area contributed by atoms with Crippen LogP contribution in [0.3, 0.4) is 0 Å². The zero-order chi connectivity index (χ0) is 23.7. The zero-order valence-electron chi connectivity index (χ0n) is 18.5. The predicted molar refractivity (Wildman–Crippen MR) is 130 cm³/mol. The molecule has 0 atom stereocenters. The highest BCUT2D eigenvalue weighted by Gasteiger charge is 2.27. The Hall–Kier alpha value is -3.50. The maximum atomic E-state index is 13.2. The fraction of sp³-hybridized carbons (Fsp3) is 0.217. The average molecular weight is 483 g/mol. The summed E-state index contributed by atoms with van der Waals surface area (Å²) in [6, 6.07) is 11.5. The van der Waals surface area contributed by atoms with E-state index in [1.54, 1.807) is 19.9 Å². The first-order chi connectivity index (χ1) is 15.8. The van der Waals surface area contributed by atoms with Gasteiger partial charge in [-0.15, -0.1) is 22.7 Å². The number of nitrogens with zero attached hydrogens (tertiary/aromatic N) is 2. The Kier molecular flexibility index (Phi) is 6.30. The second-order valence-electron chi connectivity index (χ2n) is 7.18. The first kappa shape index (κ1) is 22.7. The lowest BCUT2D eigenvalue weighted by Crippen LogP contribution is -2.17. The van der Waals surface area contributed by atoms with Crippen LogP contribution in [0, 0.1) is 13.8 Å². The molecule has 8 nitrogen and oxygen atoms in total. The molecule has 4 rings (SSSR count). The molecule has 1 aromatic carbocycles. The molecule has 0 bridgehead atoms. The Morgan fingerprint density at radius 3 is 2.48 bits per heavy atom. The molecule has 0 unspecified atom stereocenters. The van der Waals surface area contributed by atoms with E-state index >= 15 is 0 Å². The molecule has 33 heavy (non-hydrogen) atoms. The number of carbonyl (C=O) groups excluding carboxylic acids is 3. The zero-order valence-corrected chi connectivity index (χ0v) is 20.1. The van der Waals surface area contributed by atoms with Crippen LogP contribution < -0.4 is 10.6 Å². The Bertz CT molecular complexity index is 1370. The first-order valence-electron chi connectivity index (χ1n) is 10.2. The van der Waals surface area contributed by atoms with Crippen molar-refractivity contribution in [2.24, 2.45) is 0 Å². The summed E-state index contributed by atoms with van der Waals surface area (Å²) in [6.45, 7) is 5.45. The summed E-state index contributed by atoms with van der Waals surface area (Å²) in [5.74, 6) is -1.28. The molecule has 0 aliphatic heterocycles. The van der Waals surface area contributed by atoms with E-state index in [9.17, 15) is 14.4 Å². The van der Waals surface area contributed by atoms with Gasteiger partial charge in [-0.2, -0.15) is 5.10 Å². The normalized spacial score (nSPS) is 10.9. The summed E-state index contributed by atoms with van der Waals surface area (Å²) >= 11 is 2.36. The Morgan fingerprint density at radius 2 is 1.82 bits per heavy atom. The lowest BCUT2D eigenvalue weighted by Gasteiger charge is -2.06. The van der Waals surface area contributed by atoms with Crippen molar-refractivity contribution < 1.29 is 19.1 Å². The molecule has 3 aromatic heterocycles. The molecule has 0 spiro atoms. The molecule has 0 radical (unpaired) electrons. The van der Waals surface area contributed by atoms with Gasteiger partial charge in [0, 0.05) is 12.4 Å². The Morgan fingerprint density at radius 1 is 1.09 bits per heavy atom. The fourth-order valence-electron chi connectivity index (χ4n) is 3.45. The number of aryl methyl sites for hydroxylation is 1.